The van der Waals surface area contributed by atoms with Gasteiger partial charge in [0, 0.05) is 10.4 Å². The molecule has 0 saturated heterocycles. The Kier molecular flexibility index (Phi) is 5.41. The number of anilines is 1. The van der Waals surface area contributed by atoms with Crippen LogP contribution in [0.1, 0.15) is 58.3 Å². The van der Waals surface area contributed by atoms with Crippen molar-refractivity contribution < 1.29 is 18.7 Å². The topological polar surface area (TPSA) is 55.4 Å². The van der Waals surface area contributed by atoms with Gasteiger partial charge in [-0.05, 0) is 68.9 Å². The van der Waals surface area contributed by atoms with Crippen LogP contribution < -0.4 is 5.32 Å². The van der Waals surface area contributed by atoms with Gasteiger partial charge in [-0.1, -0.05) is 6.92 Å². The highest BCUT2D eigenvalue weighted by atomic mass is 32.1. The van der Waals surface area contributed by atoms with Gasteiger partial charge in [-0.25, -0.2) is 9.18 Å². The van der Waals surface area contributed by atoms with Gasteiger partial charge in [0.1, 0.15) is 10.8 Å². The number of carbonyl (C=O) groups is 2. The van der Waals surface area contributed by atoms with Crippen molar-refractivity contribution >= 4 is 28.2 Å². The number of benzene rings is 1. The maximum atomic E-state index is 13.1. The molecule has 1 N–H and O–H groups in total. The quantitative estimate of drug-likeness (QED) is 0.779. The molecule has 1 atom stereocenters. The standard InChI is InChI=1S/C20H22FNO3S/c1-11(2)25-20(24)17-15-9-4-12(3)10-16(15)26-19(17)22-18(23)13-5-7-14(21)8-6-13/h5-8,11-12H,4,9-10H2,1-3H3,(H,22,23)/t12-/m1/s1. The monoisotopic (exact) mass is 375 g/mol. The Hall–Kier alpha value is -2.21. The summed E-state index contributed by atoms with van der Waals surface area (Å²) in [4.78, 5) is 26.3. The minimum absolute atomic E-state index is 0.235. The zero-order valence-corrected chi connectivity index (χ0v) is 15.9. The highest BCUT2D eigenvalue weighted by Crippen LogP contribution is 2.40. The second-order valence-corrected chi connectivity index (χ2v) is 8.08. The molecule has 1 aromatic carbocycles. The van der Waals surface area contributed by atoms with Crippen LogP contribution in [-0.2, 0) is 17.6 Å². The Balaban J connectivity index is 1.93. The highest BCUT2D eigenvalue weighted by molar-refractivity contribution is 7.17. The Bertz CT molecular complexity index is 826. The fraction of sp³-hybridized carbons (Fsp3) is 0.400. The van der Waals surface area contributed by atoms with E-state index in [-0.39, 0.29) is 12.0 Å². The molecule has 3 rings (SSSR count). The van der Waals surface area contributed by atoms with Gasteiger partial charge in [-0.2, -0.15) is 0 Å². The molecule has 1 aliphatic rings. The number of hydrogen-bond donors (Lipinski definition) is 1. The van der Waals surface area contributed by atoms with Crippen molar-refractivity contribution in [2.45, 2.75) is 46.1 Å². The average Bonchev–Trinajstić information content (AvgIpc) is 2.91. The first kappa shape index (κ1) is 18.6. The number of ether oxygens (including phenoxy) is 1. The molecule has 1 amide bonds. The predicted octanol–water partition coefficient (Wildman–Crippen LogP) is 4.83. The van der Waals surface area contributed by atoms with E-state index in [2.05, 4.69) is 12.2 Å². The van der Waals surface area contributed by atoms with Crippen molar-refractivity contribution in [1.29, 1.82) is 0 Å². The highest BCUT2D eigenvalue weighted by Gasteiger charge is 2.29. The molecular weight excluding hydrogens is 353 g/mol. The maximum Gasteiger partial charge on any atom is 0.341 e. The minimum atomic E-state index is -0.401. The fourth-order valence-electron chi connectivity index (χ4n) is 3.10. The molecule has 0 aliphatic heterocycles. The lowest BCUT2D eigenvalue weighted by Crippen LogP contribution is -2.18. The Morgan fingerprint density at radius 1 is 1.27 bits per heavy atom. The summed E-state index contributed by atoms with van der Waals surface area (Å²) in [6, 6.07) is 5.33. The van der Waals surface area contributed by atoms with Crippen LogP contribution >= 0.6 is 11.3 Å². The predicted molar refractivity (Wildman–Crippen MR) is 100 cm³/mol. The first-order valence-corrected chi connectivity index (χ1v) is 9.59. The number of esters is 1. The first-order valence-electron chi connectivity index (χ1n) is 8.77. The van der Waals surface area contributed by atoms with Crippen molar-refractivity contribution in [3.05, 3.63) is 51.7 Å². The molecule has 0 bridgehead atoms. The van der Waals surface area contributed by atoms with Crippen LogP contribution in [0.4, 0.5) is 9.39 Å². The van der Waals surface area contributed by atoms with Crippen LogP contribution in [0.3, 0.4) is 0 Å². The molecule has 4 nitrogen and oxygen atoms in total. The number of carbonyl (C=O) groups excluding carboxylic acids is 2. The largest absolute Gasteiger partial charge is 0.459 e. The van der Waals surface area contributed by atoms with Gasteiger partial charge in [0.15, 0.2) is 0 Å². The van der Waals surface area contributed by atoms with E-state index in [1.54, 1.807) is 13.8 Å². The minimum Gasteiger partial charge on any atom is -0.459 e. The van der Waals surface area contributed by atoms with Crippen LogP contribution in [0, 0.1) is 11.7 Å². The van der Waals surface area contributed by atoms with E-state index in [0.29, 0.717) is 22.0 Å². The van der Waals surface area contributed by atoms with Crippen LogP contribution in [0.5, 0.6) is 0 Å². The third kappa shape index (κ3) is 3.96. The van der Waals surface area contributed by atoms with E-state index in [0.717, 1.165) is 29.7 Å². The number of hydrogen-bond acceptors (Lipinski definition) is 4. The molecule has 2 aromatic rings. The molecule has 0 spiro atoms. The first-order chi connectivity index (χ1) is 12.3. The van der Waals surface area contributed by atoms with Gasteiger partial charge in [-0.15, -0.1) is 11.3 Å². The molecule has 1 aromatic heterocycles. The summed E-state index contributed by atoms with van der Waals surface area (Å²) >= 11 is 1.44. The normalized spacial score (nSPS) is 16.3. The SMILES string of the molecule is CC(C)OC(=O)c1c(NC(=O)c2ccc(F)cc2)sc2c1CC[C@@H](C)C2. The van der Waals surface area contributed by atoms with Crippen molar-refractivity contribution in [2.75, 3.05) is 5.32 Å². The number of nitrogens with one attached hydrogen (secondary N) is 1. The van der Waals surface area contributed by atoms with Gasteiger partial charge in [0.05, 0.1) is 11.7 Å². The van der Waals surface area contributed by atoms with Crippen molar-refractivity contribution in [3.63, 3.8) is 0 Å². The van der Waals surface area contributed by atoms with E-state index in [4.69, 9.17) is 4.74 Å². The van der Waals surface area contributed by atoms with Gasteiger partial charge >= 0.3 is 5.97 Å². The molecule has 0 fully saturated rings. The number of rotatable bonds is 4. The Labute approximate surface area is 156 Å². The van der Waals surface area contributed by atoms with E-state index < -0.39 is 11.8 Å². The fourth-order valence-corrected chi connectivity index (χ4v) is 4.50. The molecule has 1 aliphatic carbocycles. The molecular formula is C20H22FNO3S. The molecule has 0 saturated carbocycles. The van der Waals surface area contributed by atoms with Crippen molar-refractivity contribution in [3.8, 4) is 0 Å². The van der Waals surface area contributed by atoms with Crippen molar-refractivity contribution in [2.24, 2.45) is 5.92 Å². The van der Waals surface area contributed by atoms with Crippen LogP contribution in [-0.4, -0.2) is 18.0 Å². The van der Waals surface area contributed by atoms with E-state index in [9.17, 15) is 14.0 Å². The Morgan fingerprint density at radius 3 is 2.62 bits per heavy atom. The van der Waals surface area contributed by atoms with Crippen LogP contribution in [0.25, 0.3) is 0 Å². The Morgan fingerprint density at radius 2 is 1.96 bits per heavy atom. The summed E-state index contributed by atoms with van der Waals surface area (Å²) < 4.78 is 18.5. The summed E-state index contributed by atoms with van der Waals surface area (Å²) in [5.41, 5.74) is 1.81. The number of halogens is 1. The summed E-state index contributed by atoms with van der Waals surface area (Å²) in [6.07, 6.45) is 2.48. The number of thiophene rings is 1. The molecule has 0 radical (unpaired) electrons. The van der Waals surface area contributed by atoms with Gasteiger partial charge < -0.3 is 10.1 Å². The van der Waals surface area contributed by atoms with Gasteiger partial charge in [0.25, 0.3) is 5.91 Å². The summed E-state index contributed by atoms with van der Waals surface area (Å²) in [5, 5.41) is 3.35. The number of fused-ring (bicyclic) bond motifs is 1. The lowest BCUT2D eigenvalue weighted by atomic mass is 9.88. The lowest BCUT2D eigenvalue weighted by Gasteiger charge is -2.18. The summed E-state index contributed by atoms with van der Waals surface area (Å²) in [6.45, 7) is 5.79. The smallest absolute Gasteiger partial charge is 0.341 e. The second kappa shape index (κ2) is 7.58. The lowest BCUT2D eigenvalue weighted by molar-refractivity contribution is 0.0378. The van der Waals surface area contributed by atoms with Crippen molar-refractivity contribution in [1.82, 2.24) is 0 Å². The van der Waals surface area contributed by atoms with E-state index in [1.807, 2.05) is 0 Å². The summed E-state index contributed by atoms with van der Waals surface area (Å²) in [5.74, 6) is -0.615. The average molecular weight is 375 g/mol. The summed E-state index contributed by atoms with van der Waals surface area (Å²) in [7, 11) is 0. The number of amides is 1. The molecule has 1 heterocycles. The molecule has 6 heteroatoms. The van der Waals surface area contributed by atoms with E-state index >= 15 is 0 Å². The zero-order valence-electron chi connectivity index (χ0n) is 15.1. The molecule has 138 valence electrons. The zero-order chi connectivity index (χ0) is 18.8. The third-order valence-electron chi connectivity index (χ3n) is 4.39. The molecule has 26 heavy (non-hydrogen) atoms. The maximum absolute atomic E-state index is 13.1. The van der Waals surface area contributed by atoms with Crippen LogP contribution in [0.2, 0.25) is 0 Å². The van der Waals surface area contributed by atoms with Gasteiger partial charge in [-0.3, -0.25) is 4.79 Å². The third-order valence-corrected chi connectivity index (χ3v) is 5.56. The van der Waals surface area contributed by atoms with E-state index in [1.165, 1.54) is 35.6 Å². The van der Waals surface area contributed by atoms with Gasteiger partial charge in [0.2, 0.25) is 0 Å². The van der Waals surface area contributed by atoms with Crippen LogP contribution in [0.15, 0.2) is 24.3 Å². The molecule has 0 unspecified atom stereocenters. The second-order valence-electron chi connectivity index (χ2n) is 6.97.